The van der Waals surface area contributed by atoms with Gasteiger partial charge in [-0.3, -0.25) is 14.6 Å². The number of carbonyl (C=O) groups is 1. The Morgan fingerprint density at radius 1 is 1.33 bits per heavy atom. The zero-order valence-corrected chi connectivity index (χ0v) is 14.4. The minimum Gasteiger partial charge on any atom is -0.355 e. The van der Waals surface area contributed by atoms with Gasteiger partial charge in [0.1, 0.15) is 5.52 Å². The summed E-state index contributed by atoms with van der Waals surface area (Å²) in [7, 11) is 0. The van der Waals surface area contributed by atoms with Gasteiger partial charge in [-0.05, 0) is 41.5 Å². The third kappa shape index (κ3) is 3.27. The Kier molecular flexibility index (Phi) is 4.55. The number of rotatable bonds is 4. The Morgan fingerprint density at radius 2 is 2.12 bits per heavy atom. The zero-order valence-electron chi connectivity index (χ0n) is 12.9. The lowest BCUT2D eigenvalue weighted by atomic mass is 10.1. The first kappa shape index (κ1) is 16.5. The van der Waals surface area contributed by atoms with Crippen LogP contribution in [-0.2, 0) is 17.9 Å². The normalized spacial score (nSPS) is 10.9. The van der Waals surface area contributed by atoms with Gasteiger partial charge in [-0.2, -0.15) is 0 Å². The predicted octanol–water partition coefficient (Wildman–Crippen LogP) is 2.72. The number of nitrogens with one attached hydrogen (secondary N) is 3. The van der Waals surface area contributed by atoms with Crippen LogP contribution in [0.3, 0.4) is 0 Å². The molecule has 0 aliphatic rings. The number of carbonyl (C=O) groups excluding carboxylic acids is 1. The van der Waals surface area contributed by atoms with Crippen molar-refractivity contribution in [1.82, 2.24) is 19.9 Å². The van der Waals surface area contributed by atoms with Crippen molar-refractivity contribution in [2.75, 3.05) is 0 Å². The molecule has 8 heteroatoms. The van der Waals surface area contributed by atoms with Crippen molar-refractivity contribution >= 4 is 40.8 Å². The van der Waals surface area contributed by atoms with Gasteiger partial charge >= 0.3 is 0 Å². The van der Waals surface area contributed by atoms with Gasteiger partial charge in [-0.25, -0.2) is 0 Å². The molecule has 0 saturated carbocycles. The molecule has 0 spiro atoms. The molecule has 2 aromatic heterocycles. The number of halogens is 1. The molecule has 0 aliphatic heterocycles. The Balaban J connectivity index is 2.06. The number of hydrogen-bond acceptors (Lipinski definition) is 3. The van der Waals surface area contributed by atoms with Gasteiger partial charge < -0.3 is 14.9 Å². The fraction of sp³-hybridized carbons (Fsp3) is 0.188. The summed E-state index contributed by atoms with van der Waals surface area (Å²) < 4.78 is 2.18. The number of fused-ring (bicyclic) bond motifs is 1. The molecule has 6 nitrogen and oxygen atoms in total. The van der Waals surface area contributed by atoms with E-state index in [1.807, 2.05) is 22.8 Å². The summed E-state index contributed by atoms with van der Waals surface area (Å²) in [5.41, 5.74) is 2.81. The summed E-state index contributed by atoms with van der Waals surface area (Å²) in [5, 5.41) is 3.37. The number of nitrogens with zero attached hydrogens (tertiary/aromatic N) is 1. The summed E-state index contributed by atoms with van der Waals surface area (Å²) in [6.45, 7) is 2.29. The molecular formula is C16H15ClN4O2S. The molecule has 0 unspecified atom stereocenters. The first-order chi connectivity index (χ1) is 11.5. The third-order valence-corrected chi connectivity index (χ3v) is 4.29. The molecular weight excluding hydrogens is 348 g/mol. The lowest BCUT2D eigenvalue weighted by molar-refractivity contribution is -0.119. The molecule has 2 heterocycles. The lowest BCUT2D eigenvalue weighted by Gasteiger charge is -2.14. The van der Waals surface area contributed by atoms with Gasteiger partial charge in [0, 0.05) is 24.7 Å². The highest BCUT2D eigenvalue weighted by Gasteiger charge is 2.10. The predicted molar refractivity (Wildman–Crippen MR) is 95.8 cm³/mol. The zero-order chi connectivity index (χ0) is 17.3. The fourth-order valence-corrected chi connectivity index (χ4v) is 3.02. The van der Waals surface area contributed by atoms with Gasteiger partial charge in [0.2, 0.25) is 5.91 Å². The van der Waals surface area contributed by atoms with Crippen LogP contribution in [0.25, 0.3) is 11.0 Å². The van der Waals surface area contributed by atoms with Gasteiger partial charge in [0.05, 0.1) is 12.1 Å². The molecule has 3 aromatic rings. The van der Waals surface area contributed by atoms with Crippen molar-refractivity contribution in [3.63, 3.8) is 0 Å². The SMILES string of the molecule is CC(=O)NCc1cc(Cl)ccc1Cn1c(=S)[nH]c(=O)c2[nH]ccc21. The van der Waals surface area contributed by atoms with Gasteiger partial charge in [0.25, 0.3) is 5.56 Å². The number of H-pyrrole nitrogens is 2. The summed E-state index contributed by atoms with van der Waals surface area (Å²) in [6.07, 6.45) is 1.70. The lowest BCUT2D eigenvalue weighted by Crippen LogP contribution is -2.21. The van der Waals surface area contributed by atoms with Crippen molar-refractivity contribution in [2.24, 2.45) is 0 Å². The van der Waals surface area contributed by atoms with Crippen molar-refractivity contribution in [2.45, 2.75) is 20.0 Å². The molecule has 0 atom stereocenters. The van der Waals surface area contributed by atoms with Gasteiger partial charge in [-0.15, -0.1) is 0 Å². The van der Waals surface area contributed by atoms with Crippen molar-refractivity contribution in [3.8, 4) is 0 Å². The number of aromatic amines is 2. The second-order valence-electron chi connectivity index (χ2n) is 5.41. The number of amides is 1. The minimum atomic E-state index is -0.245. The molecule has 3 rings (SSSR count). The van der Waals surface area contributed by atoms with Crippen LogP contribution >= 0.6 is 23.8 Å². The van der Waals surface area contributed by atoms with E-state index in [4.69, 9.17) is 23.8 Å². The molecule has 1 amide bonds. The van der Waals surface area contributed by atoms with E-state index in [1.54, 1.807) is 12.3 Å². The maximum Gasteiger partial charge on any atom is 0.276 e. The largest absolute Gasteiger partial charge is 0.355 e. The van der Waals surface area contributed by atoms with E-state index in [1.165, 1.54) is 6.92 Å². The Bertz CT molecular complexity index is 1030. The summed E-state index contributed by atoms with van der Waals surface area (Å²) >= 11 is 11.4. The van der Waals surface area contributed by atoms with Crippen molar-refractivity contribution in [3.05, 3.63) is 61.7 Å². The van der Waals surface area contributed by atoms with E-state index in [9.17, 15) is 9.59 Å². The van der Waals surface area contributed by atoms with Crippen LogP contribution in [0.2, 0.25) is 5.02 Å². The van der Waals surface area contributed by atoms with Crippen molar-refractivity contribution in [1.29, 1.82) is 0 Å². The highest BCUT2D eigenvalue weighted by Crippen LogP contribution is 2.19. The summed E-state index contributed by atoms with van der Waals surface area (Å²) in [4.78, 5) is 28.7. The van der Waals surface area contributed by atoms with Crippen LogP contribution in [0.15, 0.2) is 35.3 Å². The molecule has 24 heavy (non-hydrogen) atoms. The smallest absolute Gasteiger partial charge is 0.276 e. The highest BCUT2D eigenvalue weighted by molar-refractivity contribution is 7.71. The van der Waals surface area contributed by atoms with Gasteiger partial charge in [-0.1, -0.05) is 17.7 Å². The monoisotopic (exact) mass is 362 g/mol. The van der Waals surface area contributed by atoms with Crippen LogP contribution in [0, 0.1) is 4.77 Å². The average Bonchev–Trinajstić information content (AvgIpc) is 3.01. The van der Waals surface area contributed by atoms with E-state index in [0.29, 0.717) is 28.4 Å². The number of benzene rings is 1. The number of aromatic nitrogens is 3. The standard InChI is InChI=1S/C16H15ClN4O2S/c1-9(22)19-7-11-6-12(17)3-2-10(11)8-21-13-4-5-18-14(13)15(23)20-16(21)24/h2-6,18H,7-8H2,1H3,(H,19,22)(H,20,23,24). The molecule has 0 aliphatic carbocycles. The van der Waals surface area contributed by atoms with Crippen molar-refractivity contribution < 1.29 is 4.79 Å². The second-order valence-corrected chi connectivity index (χ2v) is 6.23. The highest BCUT2D eigenvalue weighted by atomic mass is 35.5. The van der Waals surface area contributed by atoms with Crippen LogP contribution in [-0.4, -0.2) is 20.4 Å². The first-order valence-corrected chi connectivity index (χ1v) is 8.06. The molecule has 1 aromatic carbocycles. The van der Waals surface area contributed by atoms with E-state index >= 15 is 0 Å². The van der Waals surface area contributed by atoms with E-state index in [-0.39, 0.29) is 11.5 Å². The van der Waals surface area contributed by atoms with E-state index in [0.717, 1.165) is 16.6 Å². The fourth-order valence-electron chi connectivity index (χ4n) is 2.56. The van der Waals surface area contributed by atoms with Crippen LogP contribution < -0.4 is 10.9 Å². The molecule has 0 radical (unpaired) electrons. The summed E-state index contributed by atoms with van der Waals surface area (Å²) in [5.74, 6) is -0.116. The van der Waals surface area contributed by atoms with Crippen LogP contribution in [0.4, 0.5) is 0 Å². The van der Waals surface area contributed by atoms with Crippen LogP contribution in [0.5, 0.6) is 0 Å². The minimum absolute atomic E-state index is 0.116. The summed E-state index contributed by atoms with van der Waals surface area (Å²) in [6, 6.07) is 7.31. The maximum absolute atomic E-state index is 11.9. The topological polar surface area (TPSA) is 82.7 Å². The molecule has 3 N–H and O–H groups in total. The Hall–Kier alpha value is -2.38. The molecule has 0 bridgehead atoms. The Morgan fingerprint density at radius 3 is 2.88 bits per heavy atom. The van der Waals surface area contributed by atoms with E-state index < -0.39 is 0 Å². The first-order valence-electron chi connectivity index (χ1n) is 7.27. The van der Waals surface area contributed by atoms with Gasteiger partial charge in [0.15, 0.2) is 4.77 Å². The second kappa shape index (κ2) is 6.62. The average molecular weight is 363 g/mol. The van der Waals surface area contributed by atoms with E-state index in [2.05, 4.69) is 15.3 Å². The van der Waals surface area contributed by atoms with Crippen LogP contribution in [0.1, 0.15) is 18.1 Å². The molecule has 0 fully saturated rings. The Labute approximate surface area is 147 Å². The number of hydrogen-bond donors (Lipinski definition) is 3. The molecule has 124 valence electrons. The molecule has 0 saturated heterocycles. The maximum atomic E-state index is 11.9. The third-order valence-electron chi connectivity index (χ3n) is 3.73. The quantitative estimate of drug-likeness (QED) is 0.624.